The Morgan fingerprint density at radius 2 is 1.95 bits per heavy atom. The largest absolute Gasteiger partial charge is 0.389 e. The number of nitrogens with one attached hydrogen (secondary N) is 1. The van der Waals surface area contributed by atoms with Crippen LogP contribution in [0.2, 0.25) is 0 Å². The second-order valence-corrected chi connectivity index (χ2v) is 5.67. The average Bonchev–Trinajstić information content (AvgIpc) is 2.94. The zero-order chi connectivity index (χ0) is 15.5. The Morgan fingerprint density at radius 3 is 2.68 bits per heavy atom. The number of halogens is 1. The van der Waals surface area contributed by atoms with Gasteiger partial charge in [0.15, 0.2) is 0 Å². The Labute approximate surface area is 130 Å². The smallest absolute Gasteiger partial charge is 0.146 e. The van der Waals surface area contributed by atoms with E-state index in [9.17, 15) is 9.50 Å². The summed E-state index contributed by atoms with van der Waals surface area (Å²) in [5, 5.41) is 13.6. The predicted molar refractivity (Wildman–Crippen MR) is 86.6 cm³/mol. The third-order valence-corrected chi connectivity index (χ3v) is 4.23. The Kier molecular flexibility index (Phi) is 4.41. The van der Waals surface area contributed by atoms with Crippen LogP contribution in [0.1, 0.15) is 17.2 Å². The fourth-order valence-corrected chi connectivity index (χ4v) is 3.30. The molecular formula is C18H21FN2O. The van der Waals surface area contributed by atoms with Crippen LogP contribution in [0.5, 0.6) is 0 Å². The number of aliphatic hydroxyl groups excluding tert-OH is 1. The first kappa shape index (κ1) is 15.0. The van der Waals surface area contributed by atoms with Gasteiger partial charge in [-0.2, -0.15) is 0 Å². The zero-order valence-corrected chi connectivity index (χ0v) is 12.7. The number of hydrogen-bond donors (Lipinski definition) is 2. The normalized spacial score (nSPS) is 16.4. The first-order valence-corrected chi connectivity index (χ1v) is 7.64. The van der Waals surface area contributed by atoms with Gasteiger partial charge in [0, 0.05) is 13.1 Å². The van der Waals surface area contributed by atoms with E-state index in [1.54, 1.807) is 6.07 Å². The molecule has 0 aromatic heterocycles. The maximum atomic E-state index is 14.3. The van der Waals surface area contributed by atoms with Gasteiger partial charge in [0.25, 0.3) is 0 Å². The minimum atomic E-state index is -0.613. The number of hydrogen-bond acceptors (Lipinski definition) is 3. The Hall–Kier alpha value is -1.91. The van der Waals surface area contributed by atoms with Crippen molar-refractivity contribution in [3.63, 3.8) is 0 Å². The number of fused-ring (bicyclic) bond motifs is 1. The van der Waals surface area contributed by atoms with Gasteiger partial charge in [-0.3, -0.25) is 0 Å². The summed E-state index contributed by atoms with van der Waals surface area (Å²) >= 11 is 0. The first-order chi connectivity index (χ1) is 10.7. The number of para-hydroxylation sites is 1. The summed E-state index contributed by atoms with van der Waals surface area (Å²) in [6, 6.07) is 14.8. The molecule has 1 aliphatic heterocycles. The van der Waals surface area contributed by atoms with Gasteiger partial charge in [0.1, 0.15) is 5.82 Å². The predicted octanol–water partition coefficient (Wildman–Crippen LogP) is 2.51. The van der Waals surface area contributed by atoms with Crippen LogP contribution in [0.15, 0.2) is 48.5 Å². The summed E-state index contributed by atoms with van der Waals surface area (Å²) in [5.74, 6) is -0.215. The fourth-order valence-electron chi connectivity index (χ4n) is 3.30. The van der Waals surface area contributed by atoms with E-state index in [1.807, 2.05) is 48.3 Å². The molecule has 4 heteroatoms. The monoisotopic (exact) mass is 300 g/mol. The van der Waals surface area contributed by atoms with Gasteiger partial charge >= 0.3 is 0 Å². The summed E-state index contributed by atoms with van der Waals surface area (Å²) in [5.41, 5.74) is 2.64. The van der Waals surface area contributed by atoms with E-state index in [2.05, 4.69) is 5.32 Å². The van der Waals surface area contributed by atoms with Crippen molar-refractivity contribution in [2.45, 2.75) is 18.6 Å². The zero-order valence-electron chi connectivity index (χ0n) is 12.7. The molecule has 0 aliphatic carbocycles. The van der Waals surface area contributed by atoms with E-state index < -0.39 is 6.10 Å². The van der Waals surface area contributed by atoms with Crippen molar-refractivity contribution in [1.82, 2.24) is 5.32 Å². The average molecular weight is 300 g/mol. The van der Waals surface area contributed by atoms with Crippen LogP contribution in [-0.2, 0) is 6.42 Å². The minimum absolute atomic E-state index is 0.215. The lowest BCUT2D eigenvalue weighted by molar-refractivity contribution is 0.141. The SMILES string of the molecule is CNC[C@@H](O)[C@H](c1ccccc1)N1CCc2cccc(F)c21. The molecule has 0 spiro atoms. The van der Waals surface area contributed by atoms with Crippen molar-refractivity contribution < 1.29 is 9.50 Å². The first-order valence-electron chi connectivity index (χ1n) is 7.64. The topological polar surface area (TPSA) is 35.5 Å². The molecule has 22 heavy (non-hydrogen) atoms. The van der Waals surface area contributed by atoms with Crippen molar-refractivity contribution in [2.75, 3.05) is 25.0 Å². The van der Waals surface area contributed by atoms with Crippen LogP contribution in [0, 0.1) is 5.82 Å². The molecule has 1 heterocycles. The molecule has 1 aliphatic rings. The molecule has 0 unspecified atom stereocenters. The molecule has 116 valence electrons. The number of aliphatic hydroxyl groups is 1. The second-order valence-electron chi connectivity index (χ2n) is 5.67. The molecule has 0 saturated carbocycles. The molecule has 2 N–H and O–H groups in total. The van der Waals surface area contributed by atoms with E-state index in [-0.39, 0.29) is 11.9 Å². The van der Waals surface area contributed by atoms with E-state index in [4.69, 9.17) is 0 Å². The van der Waals surface area contributed by atoms with Crippen LogP contribution >= 0.6 is 0 Å². The maximum absolute atomic E-state index is 14.3. The van der Waals surface area contributed by atoms with Gasteiger partial charge in [0.05, 0.1) is 17.8 Å². The summed E-state index contributed by atoms with van der Waals surface area (Å²) in [4.78, 5) is 2.00. The summed E-state index contributed by atoms with van der Waals surface area (Å²) in [7, 11) is 1.81. The molecule has 2 aromatic carbocycles. The van der Waals surface area contributed by atoms with Crippen molar-refractivity contribution in [3.05, 3.63) is 65.5 Å². The highest BCUT2D eigenvalue weighted by atomic mass is 19.1. The van der Waals surface area contributed by atoms with Crippen molar-refractivity contribution in [3.8, 4) is 0 Å². The molecule has 0 fully saturated rings. The number of likely N-dealkylation sites (N-methyl/N-ethyl adjacent to an activating group) is 1. The fraction of sp³-hybridized carbons (Fsp3) is 0.333. The molecule has 0 bridgehead atoms. The lowest BCUT2D eigenvalue weighted by Crippen LogP contribution is -2.40. The van der Waals surface area contributed by atoms with Gasteiger partial charge in [-0.1, -0.05) is 42.5 Å². The molecule has 0 saturated heterocycles. The third-order valence-electron chi connectivity index (χ3n) is 4.23. The van der Waals surface area contributed by atoms with Crippen LogP contribution in [0.25, 0.3) is 0 Å². The molecular weight excluding hydrogens is 279 g/mol. The van der Waals surface area contributed by atoms with Gasteiger partial charge in [-0.05, 0) is 30.7 Å². The standard InChI is InChI=1S/C18H21FN2O/c1-20-12-16(22)18(13-6-3-2-4-7-13)21-11-10-14-8-5-9-15(19)17(14)21/h2-9,16,18,20,22H,10-12H2,1H3/t16-,18+/m1/s1. The number of nitrogens with zero attached hydrogens (tertiary/aromatic N) is 1. The maximum Gasteiger partial charge on any atom is 0.146 e. The highest BCUT2D eigenvalue weighted by molar-refractivity contribution is 5.60. The van der Waals surface area contributed by atoms with Crippen molar-refractivity contribution in [1.29, 1.82) is 0 Å². The van der Waals surface area contributed by atoms with Gasteiger partial charge in [0.2, 0.25) is 0 Å². The quantitative estimate of drug-likeness (QED) is 0.890. The van der Waals surface area contributed by atoms with Crippen LogP contribution < -0.4 is 10.2 Å². The van der Waals surface area contributed by atoms with Crippen LogP contribution in [0.4, 0.5) is 10.1 Å². The lowest BCUT2D eigenvalue weighted by Gasteiger charge is -2.34. The van der Waals surface area contributed by atoms with E-state index >= 15 is 0 Å². The number of benzene rings is 2. The molecule has 0 radical (unpaired) electrons. The summed E-state index contributed by atoms with van der Waals surface area (Å²) < 4.78 is 14.3. The Balaban J connectivity index is 2.02. The summed E-state index contributed by atoms with van der Waals surface area (Å²) in [6.07, 6.45) is 0.195. The molecule has 3 nitrogen and oxygen atoms in total. The van der Waals surface area contributed by atoms with Crippen LogP contribution in [-0.4, -0.2) is 31.3 Å². The van der Waals surface area contributed by atoms with Gasteiger partial charge in [-0.15, -0.1) is 0 Å². The molecule has 0 amide bonds. The Bertz CT molecular complexity index is 632. The van der Waals surface area contributed by atoms with Crippen molar-refractivity contribution >= 4 is 5.69 Å². The number of anilines is 1. The van der Waals surface area contributed by atoms with E-state index in [0.29, 0.717) is 12.2 Å². The van der Waals surface area contributed by atoms with E-state index in [0.717, 1.165) is 24.1 Å². The van der Waals surface area contributed by atoms with Crippen molar-refractivity contribution in [2.24, 2.45) is 0 Å². The van der Waals surface area contributed by atoms with E-state index in [1.165, 1.54) is 6.07 Å². The summed E-state index contributed by atoms with van der Waals surface area (Å²) in [6.45, 7) is 1.18. The molecule has 2 atom stereocenters. The highest BCUT2D eigenvalue weighted by Gasteiger charge is 2.33. The van der Waals surface area contributed by atoms with Gasteiger partial charge in [-0.25, -0.2) is 4.39 Å². The minimum Gasteiger partial charge on any atom is -0.389 e. The lowest BCUT2D eigenvalue weighted by atomic mass is 9.99. The third kappa shape index (κ3) is 2.72. The molecule has 3 rings (SSSR count). The van der Waals surface area contributed by atoms with Gasteiger partial charge < -0.3 is 15.3 Å². The molecule has 2 aromatic rings. The highest BCUT2D eigenvalue weighted by Crippen LogP contribution is 2.38. The van der Waals surface area contributed by atoms with Crippen LogP contribution in [0.3, 0.4) is 0 Å². The Morgan fingerprint density at radius 1 is 1.18 bits per heavy atom. The second kappa shape index (κ2) is 6.46. The number of rotatable bonds is 5.